The number of imidazole rings is 1. The molecule has 3 rings (SSSR count). The van der Waals surface area contributed by atoms with E-state index in [0.717, 1.165) is 74.1 Å². The van der Waals surface area contributed by atoms with Gasteiger partial charge in [0.05, 0.1) is 17.6 Å². The van der Waals surface area contributed by atoms with Gasteiger partial charge in [-0.1, -0.05) is 25.0 Å². The third kappa shape index (κ3) is 4.31. The summed E-state index contributed by atoms with van der Waals surface area (Å²) in [6.45, 7) is 0.959. The summed E-state index contributed by atoms with van der Waals surface area (Å²) in [5.74, 6) is 1.04. The van der Waals surface area contributed by atoms with Crippen LogP contribution in [0.4, 0.5) is 5.69 Å². The monoisotopic (exact) mass is 324 g/mol. The minimum atomic E-state index is 0.684. The predicted molar refractivity (Wildman–Crippen MR) is 97.3 cm³/mol. The molecule has 0 bridgehead atoms. The lowest BCUT2D eigenvalue weighted by molar-refractivity contribution is -0.107. The smallest absolute Gasteiger partial charge is 0.119 e. The van der Waals surface area contributed by atoms with E-state index in [0.29, 0.717) is 6.42 Å². The van der Waals surface area contributed by atoms with E-state index in [1.807, 2.05) is 17.4 Å². The van der Waals surface area contributed by atoms with Crippen LogP contribution < -0.4 is 5.01 Å². The number of hydrogen-bond acceptors (Lipinski definition) is 4. The Labute approximate surface area is 142 Å². The molecule has 0 radical (unpaired) electrons. The Balaban J connectivity index is 1.51. The van der Waals surface area contributed by atoms with Gasteiger partial charge in [0, 0.05) is 32.0 Å². The van der Waals surface area contributed by atoms with E-state index in [1.165, 1.54) is 0 Å². The number of H-pyrrole nitrogens is 1. The van der Waals surface area contributed by atoms with Crippen LogP contribution in [-0.2, 0) is 11.2 Å². The third-order valence-electron chi connectivity index (χ3n) is 4.28. The van der Waals surface area contributed by atoms with Gasteiger partial charge in [0.25, 0.3) is 0 Å². The molecule has 0 spiro atoms. The first-order valence-electron chi connectivity index (χ1n) is 8.75. The number of hydrazone groups is 1. The van der Waals surface area contributed by atoms with Crippen molar-refractivity contribution in [3.8, 4) is 11.3 Å². The maximum atomic E-state index is 10.3. The fraction of sp³-hybridized carbons (Fsp3) is 0.421. The molecule has 1 aromatic carbocycles. The maximum Gasteiger partial charge on any atom is 0.119 e. The lowest BCUT2D eigenvalue weighted by Crippen LogP contribution is -2.11. The topological polar surface area (TPSA) is 61.4 Å². The Morgan fingerprint density at radius 1 is 1.12 bits per heavy atom. The van der Waals surface area contributed by atoms with Crippen molar-refractivity contribution in [1.29, 1.82) is 0 Å². The summed E-state index contributed by atoms with van der Waals surface area (Å²) in [7, 11) is 0. The van der Waals surface area contributed by atoms with Gasteiger partial charge >= 0.3 is 0 Å². The Morgan fingerprint density at radius 3 is 2.71 bits per heavy atom. The largest absolute Gasteiger partial charge is 0.342 e. The van der Waals surface area contributed by atoms with Gasteiger partial charge in [-0.3, -0.25) is 5.01 Å². The molecule has 0 fully saturated rings. The number of aryl methyl sites for hydroxylation is 1. The van der Waals surface area contributed by atoms with Gasteiger partial charge in [-0.2, -0.15) is 5.10 Å². The molecule has 0 unspecified atom stereocenters. The van der Waals surface area contributed by atoms with Crippen LogP contribution >= 0.6 is 0 Å². The molecule has 126 valence electrons. The summed E-state index contributed by atoms with van der Waals surface area (Å²) in [5, 5.41) is 6.36. The van der Waals surface area contributed by atoms with Gasteiger partial charge in [0.15, 0.2) is 0 Å². The number of aromatic nitrogens is 2. The summed E-state index contributed by atoms with van der Waals surface area (Å²) in [4.78, 5) is 18.2. The van der Waals surface area contributed by atoms with Gasteiger partial charge in [0.1, 0.15) is 12.1 Å². The number of aldehydes is 1. The molecule has 2 aromatic rings. The standard InChI is InChI=1S/C19H24N4O/c24-14-5-3-1-2-4-7-19-20-15-18(22-19)16-8-10-17(11-9-16)23-13-6-12-21-23/h8-12,14-15H,1-7,13H2,(H,20,22). The molecule has 0 aliphatic carbocycles. The first-order chi connectivity index (χ1) is 11.9. The Morgan fingerprint density at radius 2 is 1.96 bits per heavy atom. The number of nitrogens with one attached hydrogen (secondary N) is 1. The number of anilines is 1. The number of unbranched alkanes of at least 4 members (excludes halogenated alkanes) is 4. The molecule has 0 saturated carbocycles. The summed E-state index contributed by atoms with van der Waals surface area (Å²) >= 11 is 0. The first kappa shape index (κ1) is 16.4. The Bertz CT molecular complexity index is 675. The van der Waals surface area contributed by atoms with E-state index in [1.54, 1.807) is 0 Å². The van der Waals surface area contributed by atoms with Crippen LogP contribution in [0.5, 0.6) is 0 Å². The van der Waals surface area contributed by atoms with Gasteiger partial charge in [-0.25, -0.2) is 4.98 Å². The molecule has 0 saturated heterocycles. The fourth-order valence-electron chi connectivity index (χ4n) is 2.91. The normalized spacial score (nSPS) is 13.6. The van der Waals surface area contributed by atoms with E-state index >= 15 is 0 Å². The molecule has 2 heterocycles. The van der Waals surface area contributed by atoms with Gasteiger partial charge in [0.2, 0.25) is 0 Å². The van der Waals surface area contributed by atoms with Gasteiger partial charge in [-0.15, -0.1) is 0 Å². The number of hydrogen-bond donors (Lipinski definition) is 1. The predicted octanol–water partition coefficient (Wildman–Crippen LogP) is 3.96. The Kier molecular flexibility index (Phi) is 5.77. The highest BCUT2D eigenvalue weighted by atomic mass is 16.1. The van der Waals surface area contributed by atoms with Crippen LogP contribution in [0.1, 0.15) is 44.3 Å². The van der Waals surface area contributed by atoms with Crippen molar-refractivity contribution in [2.24, 2.45) is 5.10 Å². The quantitative estimate of drug-likeness (QED) is 0.561. The average molecular weight is 324 g/mol. The summed E-state index contributed by atoms with van der Waals surface area (Å²) < 4.78 is 0. The van der Waals surface area contributed by atoms with Crippen LogP contribution in [0.25, 0.3) is 11.3 Å². The zero-order chi connectivity index (χ0) is 16.6. The highest BCUT2D eigenvalue weighted by Crippen LogP contribution is 2.23. The third-order valence-corrected chi connectivity index (χ3v) is 4.28. The zero-order valence-electron chi connectivity index (χ0n) is 13.9. The second-order valence-electron chi connectivity index (χ2n) is 6.12. The van der Waals surface area contributed by atoms with E-state index in [4.69, 9.17) is 0 Å². The first-order valence-corrected chi connectivity index (χ1v) is 8.75. The van der Waals surface area contributed by atoms with E-state index < -0.39 is 0 Å². The number of rotatable bonds is 9. The summed E-state index contributed by atoms with van der Waals surface area (Å²) in [6.07, 6.45) is 11.9. The van der Waals surface area contributed by atoms with E-state index in [-0.39, 0.29) is 0 Å². The van der Waals surface area contributed by atoms with E-state index in [9.17, 15) is 4.79 Å². The fourth-order valence-corrected chi connectivity index (χ4v) is 2.91. The van der Waals surface area contributed by atoms with Crippen LogP contribution in [0, 0.1) is 0 Å². The maximum absolute atomic E-state index is 10.3. The number of nitrogens with zero attached hydrogens (tertiary/aromatic N) is 3. The van der Waals surface area contributed by atoms with Gasteiger partial charge < -0.3 is 9.78 Å². The highest BCUT2D eigenvalue weighted by Gasteiger charge is 2.09. The summed E-state index contributed by atoms with van der Waals surface area (Å²) in [6, 6.07) is 8.43. The van der Waals surface area contributed by atoms with Crippen molar-refractivity contribution in [3.63, 3.8) is 0 Å². The second-order valence-corrected chi connectivity index (χ2v) is 6.12. The van der Waals surface area contributed by atoms with Crippen LogP contribution in [0.2, 0.25) is 0 Å². The highest BCUT2D eigenvalue weighted by molar-refractivity contribution is 5.67. The zero-order valence-corrected chi connectivity index (χ0v) is 13.9. The summed E-state index contributed by atoms with van der Waals surface area (Å²) in [5.41, 5.74) is 3.33. The minimum Gasteiger partial charge on any atom is -0.342 e. The van der Waals surface area contributed by atoms with Crippen LogP contribution in [0.3, 0.4) is 0 Å². The van der Waals surface area contributed by atoms with Crippen LogP contribution in [-0.4, -0.2) is 29.0 Å². The van der Waals surface area contributed by atoms with Gasteiger partial charge in [-0.05, 0) is 30.5 Å². The molecule has 0 amide bonds. The molecule has 1 aliphatic rings. The lowest BCUT2D eigenvalue weighted by Gasteiger charge is -2.13. The number of carbonyl (C=O) groups excluding carboxylic acids is 1. The molecular weight excluding hydrogens is 300 g/mol. The SMILES string of the molecule is O=CCCCCCCc1ncc(-c2ccc(N3CCC=N3)cc2)[nH]1. The lowest BCUT2D eigenvalue weighted by atomic mass is 10.1. The molecule has 5 nitrogen and oxygen atoms in total. The molecule has 24 heavy (non-hydrogen) atoms. The second kappa shape index (κ2) is 8.43. The minimum absolute atomic E-state index is 0.684. The molecule has 1 N–H and O–H groups in total. The van der Waals surface area contributed by atoms with Crippen molar-refractivity contribution in [1.82, 2.24) is 9.97 Å². The molecule has 0 atom stereocenters. The van der Waals surface area contributed by atoms with Crippen molar-refractivity contribution in [2.75, 3.05) is 11.6 Å². The number of carbonyl (C=O) groups is 1. The average Bonchev–Trinajstić information content (AvgIpc) is 3.30. The van der Waals surface area contributed by atoms with Crippen molar-refractivity contribution in [2.45, 2.75) is 44.9 Å². The number of benzene rings is 1. The molecular formula is C19H24N4O. The molecule has 1 aromatic heterocycles. The van der Waals surface area contributed by atoms with E-state index in [2.05, 4.69) is 39.3 Å². The number of aromatic amines is 1. The molecule has 5 heteroatoms. The van der Waals surface area contributed by atoms with Crippen molar-refractivity contribution in [3.05, 3.63) is 36.3 Å². The Hall–Kier alpha value is -2.43. The van der Waals surface area contributed by atoms with Crippen LogP contribution in [0.15, 0.2) is 35.6 Å². The van der Waals surface area contributed by atoms with Crippen molar-refractivity contribution >= 4 is 18.2 Å². The molecule has 1 aliphatic heterocycles. The van der Waals surface area contributed by atoms with Crippen molar-refractivity contribution < 1.29 is 4.79 Å².